The molecule has 5 rings (SSSR count). The molecule has 1 aromatic carbocycles. The second kappa shape index (κ2) is 11.0. The van der Waals surface area contributed by atoms with Gasteiger partial charge in [0.25, 0.3) is 0 Å². The largest absolute Gasteiger partial charge is 0.464 e. The molecule has 0 aliphatic carbocycles. The molecule has 1 atom stereocenters. The number of hydrogen-bond donors (Lipinski definition) is 0. The highest BCUT2D eigenvalue weighted by atomic mass is 19.4. The second-order valence-corrected chi connectivity index (χ2v) is 10.4. The summed E-state index contributed by atoms with van der Waals surface area (Å²) in [7, 11) is 0. The number of aryl methyl sites for hydroxylation is 2. The van der Waals surface area contributed by atoms with E-state index in [4.69, 9.17) is 4.74 Å². The number of nitrogens with zero attached hydrogens (tertiary/aromatic N) is 7. The van der Waals surface area contributed by atoms with Crippen molar-refractivity contribution in [3.8, 4) is 6.01 Å². The summed E-state index contributed by atoms with van der Waals surface area (Å²) < 4.78 is 49.0. The Morgan fingerprint density at radius 3 is 2.45 bits per heavy atom. The van der Waals surface area contributed by atoms with Gasteiger partial charge in [-0.05, 0) is 63.4 Å². The van der Waals surface area contributed by atoms with Crippen LogP contribution in [0.25, 0.3) is 0 Å². The van der Waals surface area contributed by atoms with Crippen LogP contribution in [-0.4, -0.2) is 69.4 Å². The van der Waals surface area contributed by atoms with Crippen LogP contribution < -0.4 is 14.5 Å². The van der Waals surface area contributed by atoms with Gasteiger partial charge in [0.15, 0.2) is 0 Å². The quantitative estimate of drug-likeness (QED) is 0.453. The van der Waals surface area contributed by atoms with Crippen molar-refractivity contribution in [3.63, 3.8) is 0 Å². The summed E-state index contributed by atoms with van der Waals surface area (Å²) in [5.41, 5.74) is 3.70. The number of fused-ring (bicyclic) bond motifs is 1. The van der Waals surface area contributed by atoms with Crippen LogP contribution in [-0.2, 0) is 30.5 Å². The first-order valence-corrected chi connectivity index (χ1v) is 13.5. The molecule has 0 N–H and O–H groups in total. The second-order valence-electron chi connectivity index (χ2n) is 10.4. The summed E-state index contributed by atoms with van der Waals surface area (Å²) in [6, 6.07) is 4.87. The molecule has 0 saturated carbocycles. The van der Waals surface area contributed by atoms with E-state index in [0.29, 0.717) is 50.5 Å². The van der Waals surface area contributed by atoms with Gasteiger partial charge in [-0.25, -0.2) is 9.97 Å². The van der Waals surface area contributed by atoms with Crippen molar-refractivity contribution in [3.05, 3.63) is 58.7 Å². The Labute approximate surface area is 231 Å². The van der Waals surface area contributed by atoms with Gasteiger partial charge in [-0.2, -0.15) is 18.3 Å². The number of piperazine rings is 1. The Morgan fingerprint density at radius 2 is 1.82 bits per heavy atom. The van der Waals surface area contributed by atoms with Crippen molar-refractivity contribution in [1.82, 2.24) is 24.6 Å². The summed E-state index contributed by atoms with van der Waals surface area (Å²) in [4.78, 5) is 27.5. The molecule has 0 radical (unpaired) electrons. The van der Waals surface area contributed by atoms with Gasteiger partial charge in [0.1, 0.15) is 6.54 Å². The standard InChI is InChI=1S/C28H34F3N7O2/c1-5-40-27-32-13-21(14-33-27)35-9-8-22-23(16-35)25(7-6-24(22)28(29,30)31)36-10-11-37(20(4)15-36)26(39)17-38-19(3)12-18(2)34-38/h6-7,12-14,20H,5,8-11,15-17H2,1-4H3/t20-/m1/s1. The van der Waals surface area contributed by atoms with E-state index < -0.39 is 11.7 Å². The third kappa shape index (κ3) is 5.57. The number of ether oxygens (including phenoxy) is 1. The Bertz CT molecular complexity index is 1370. The zero-order chi connectivity index (χ0) is 28.6. The van der Waals surface area contributed by atoms with E-state index in [2.05, 4.69) is 20.0 Å². The first-order valence-electron chi connectivity index (χ1n) is 13.5. The summed E-state index contributed by atoms with van der Waals surface area (Å²) in [5, 5.41) is 4.40. The highest BCUT2D eigenvalue weighted by Crippen LogP contribution is 2.40. The van der Waals surface area contributed by atoms with Crippen LogP contribution in [0.15, 0.2) is 30.6 Å². The minimum absolute atomic E-state index is 0.0190. The minimum atomic E-state index is -4.44. The van der Waals surface area contributed by atoms with Crippen LogP contribution >= 0.6 is 0 Å². The molecule has 2 aromatic heterocycles. The van der Waals surface area contributed by atoms with Crippen LogP contribution in [0.2, 0.25) is 0 Å². The molecule has 1 fully saturated rings. The number of halogens is 3. The van der Waals surface area contributed by atoms with Crippen molar-refractivity contribution < 1.29 is 22.7 Å². The number of anilines is 2. The van der Waals surface area contributed by atoms with Crippen LogP contribution in [0.1, 0.15) is 41.9 Å². The molecule has 2 aliphatic heterocycles. The number of alkyl halides is 3. The van der Waals surface area contributed by atoms with Crippen LogP contribution in [0, 0.1) is 13.8 Å². The molecule has 1 amide bonds. The SMILES string of the molecule is CCOc1ncc(N2CCc3c(C(F)(F)F)ccc(N4CCN(C(=O)Cn5nc(C)cc5C)[C@H](C)C4)c3C2)cn1. The van der Waals surface area contributed by atoms with Crippen molar-refractivity contribution in [2.75, 3.05) is 42.6 Å². The lowest BCUT2D eigenvalue weighted by molar-refractivity contribution is -0.138. The zero-order valence-corrected chi connectivity index (χ0v) is 23.2. The van der Waals surface area contributed by atoms with Crippen molar-refractivity contribution in [2.45, 2.75) is 59.4 Å². The van der Waals surface area contributed by atoms with Crippen molar-refractivity contribution in [1.29, 1.82) is 0 Å². The third-order valence-electron chi connectivity index (χ3n) is 7.62. The molecule has 40 heavy (non-hydrogen) atoms. The summed E-state index contributed by atoms with van der Waals surface area (Å²) in [6.07, 6.45) is -0.895. The number of carbonyl (C=O) groups is 1. The van der Waals surface area contributed by atoms with Gasteiger partial charge in [-0.3, -0.25) is 9.48 Å². The lowest BCUT2D eigenvalue weighted by Gasteiger charge is -2.43. The molecule has 4 heterocycles. The van der Waals surface area contributed by atoms with Crippen LogP contribution in [0.3, 0.4) is 0 Å². The van der Waals surface area contributed by atoms with Gasteiger partial charge in [0, 0.05) is 50.1 Å². The molecule has 0 bridgehead atoms. The van der Waals surface area contributed by atoms with Gasteiger partial charge >= 0.3 is 12.2 Å². The Morgan fingerprint density at radius 1 is 1.07 bits per heavy atom. The molecule has 2 aliphatic rings. The molecule has 12 heteroatoms. The smallest absolute Gasteiger partial charge is 0.416 e. The van der Waals surface area contributed by atoms with E-state index >= 15 is 0 Å². The molecular formula is C28H34F3N7O2. The molecule has 3 aromatic rings. The van der Waals surface area contributed by atoms with Crippen LogP contribution in [0.5, 0.6) is 6.01 Å². The lowest BCUT2D eigenvalue weighted by atomic mass is 9.91. The molecule has 214 valence electrons. The maximum absolute atomic E-state index is 14.0. The van der Waals surface area contributed by atoms with E-state index in [1.807, 2.05) is 43.6 Å². The first-order chi connectivity index (χ1) is 19.0. The fourth-order valence-corrected chi connectivity index (χ4v) is 5.72. The summed E-state index contributed by atoms with van der Waals surface area (Å²) in [6.45, 7) is 10.5. The van der Waals surface area contributed by atoms with Gasteiger partial charge in [0.05, 0.1) is 35.9 Å². The van der Waals surface area contributed by atoms with E-state index in [1.165, 1.54) is 6.07 Å². The monoisotopic (exact) mass is 557 g/mol. The highest BCUT2D eigenvalue weighted by Gasteiger charge is 2.38. The summed E-state index contributed by atoms with van der Waals surface area (Å²) >= 11 is 0. The van der Waals surface area contributed by atoms with Crippen molar-refractivity contribution >= 4 is 17.3 Å². The van der Waals surface area contributed by atoms with Gasteiger partial charge in [-0.15, -0.1) is 0 Å². The van der Waals surface area contributed by atoms with Gasteiger partial charge < -0.3 is 19.4 Å². The fraction of sp³-hybridized carbons (Fsp3) is 0.500. The minimum Gasteiger partial charge on any atom is -0.464 e. The van der Waals surface area contributed by atoms with E-state index in [-0.39, 0.29) is 30.9 Å². The highest BCUT2D eigenvalue weighted by molar-refractivity contribution is 5.77. The fourth-order valence-electron chi connectivity index (χ4n) is 5.72. The van der Waals surface area contributed by atoms with Crippen LogP contribution in [0.4, 0.5) is 24.5 Å². The Kier molecular flexibility index (Phi) is 7.61. The average Bonchev–Trinajstić information content (AvgIpc) is 3.23. The van der Waals surface area contributed by atoms with E-state index in [1.54, 1.807) is 23.1 Å². The zero-order valence-electron chi connectivity index (χ0n) is 23.2. The molecule has 0 unspecified atom stereocenters. The van der Waals surface area contributed by atoms with Crippen molar-refractivity contribution in [2.24, 2.45) is 0 Å². The molecule has 1 saturated heterocycles. The lowest BCUT2D eigenvalue weighted by Crippen LogP contribution is -2.55. The predicted octanol–water partition coefficient (Wildman–Crippen LogP) is 4.01. The maximum atomic E-state index is 14.0. The number of amides is 1. The predicted molar refractivity (Wildman–Crippen MR) is 144 cm³/mol. The number of hydrogen-bond acceptors (Lipinski definition) is 7. The average molecular weight is 558 g/mol. The Balaban J connectivity index is 1.38. The number of aromatic nitrogens is 4. The number of carbonyl (C=O) groups excluding carboxylic acids is 1. The third-order valence-corrected chi connectivity index (χ3v) is 7.62. The van der Waals surface area contributed by atoms with E-state index in [0.717, 1.165) is 22.8 Å². The Hall–Kier alpha value is -3.83. The van der Waals surface area contributed by atoms with E-state index in [9.17, 15) is 18.0 Å². The molecule has 0 spiro atoms. The molecular weight excluding hydrogens is 523 g/mol. The molecule has 9 nitrogen and oxygen atoms in total. The topological polar surface area (TPSA) is 79.6 Å². The summed E-state index contributed by atoms with van der Waals surface area (Å²) in [5.74, 6) is -0.0190. The van der Waals surface area contributed by atoms with Gasteiger partial charge in [0.2, 0.25) is 5.91 Å². The maximum Gasteiger partial charge on any atom is 0.416 e. The number of rotatable bonds is 6. The number of benzene rings is 1. The first kappa shape index (κ1) is 27.7. The normalized spacial score (nSPS) is 17.7. The van der Waals surface area contributed by atoms with Gasteiger partial charge in [-0.1, -0.05) is 0 Å².